The minimum atomic E-state index is -0.425. The predicted molar refractivity (Wildman–Crippen MR) is 217 cm³/mol. The maximum Gasteiger partial charge on any atom is 0.322 e. The Balaban J connectivity index is 0.00000497. The van der Waals surface area contributed by atoms with Crippen LogP contribution in [0.5, 0.6) is 0 Å². The lowest BCUT2D eigenvalue weighted by Crippen LogP contribution is -2.50. The van der Waals surface area contributed by atoms with Crippen LogP contribution in [0.3, 0.4) is 0 Å². The van der Waals surface area contributed by atoms with Gasteiger partial charge in [0.25, 0.3) is 0 Å². The number of carbonyl (C=O) groups excluding carboxylic acids is 3. The van der Waals surface area contributed by atoms with Gasteiger partial charge in [0, 0.05) is 89.7 Å². The summed E-state index contributed by atoms with van der Waals surface area (Å²) in [5.74, 6) is 0.106. The molecule has 3 fully saturated rings. The molecule has 2 unspecified atom stereocenters. The number of likely N-dealkylation sites (N-methyl/N-ethyl adjacent to an activating group) is 1. The Kier molecular flexibility index (Phi) is 11.4. The van der Waals surface area contributed by atoms with E-state index in [0.29, 0.717) is 32.2 Å². The van der Waals surface area contributed by atoms with E-state index in [-0.39, 0.29) is 42.5 Å². The summed E-state index contributed by atoms with van der Waals surface area (Å²) < 4.78 is 0. The monoisotopic (exact) mass is 738 g/mol. The van der Waals surface area contributed by atoms with Crippen LogP contribution in [0.15, 0.2) is 78.9 Å². The smallest absolute Gasteiger partial charge is 0.322 e. The van der Waals surface area contributed by atoms with Gasteiger partial charge in [0.05, 0.1) is 5.25 Å². The molecule has 0 aliphatic carbocycles. The van der Waals surface area contributed by atoms with Gasteiger partial charge < -0.3 is 24.9 Å². The number of para-hydroxylation sites is 2. The highest BCUT2D eigenvalue weighted by molar-refractivity contribution is 8.01. The van der Waals surface area contributed by atoms with E-state index in [4.69, 9.17) is 0 Å². The molecule has 4 heterocycles. The van der Waals surface area contributed by atoms with Crippen molar-refractivity contribution in [3.05, 3.63) is 95.6 Å². The van der Waals surface area contributed by atoms with E-state index in [1.807, 2.05) is 28.0 Å². The Hall–Kier alpha value is -4.02. The molecule has 7 rings (SSSR count). The fraction of sp³-hybridized carbons (Fsp3) is 0.512. The number of hydrogen-bond acceptors (Lipinski definition) is 6. The van der Waals surface area contributed by atoms with Crippen LogP contribution in [0.4, 0.5) is 16.2 Å². The number of piperidine rings is 1. The molecule has 0 aromatic heterocycles. The van der Waals surface area contributed by atoms with E-state index in [2.05, 4.69) is 108 Å². The van der Waals surface area contributed by atoms with Crippen molar-refractivity contribution in [1.29, 1.82) is 0 Å². The van der Waals surface area contributed by atoms with Crippen molar-refractivity contribution in [2.75, 3.05) is 56.5 Å². The zero-order valence-electron chi connectivity index (χ0n) is 31.9. The van der Waals surface area contributed by atoms with E-state index >= 15 is 0 Å². The topological polar surface area (TPSA) is 79.4 Å². The quantitative estimate of drug-likeness (QED) is 0.232. The molecule has 3 saturated heterocycles. The van der Waals surface area contributed by atoms with Crippen LogP contribution in [0, 0.1) is 5.41 Å². The van der Waals surface area contributed by atoms with Gasteiger partial charge in [0.15, 0.2) is 0 Å². The molecule has 53 heavy (non-hydrogen) atoms. The predicted octanol–water partition coefficient (Wildman–Crippen LogP) is 7.49. The Morgan fingerprint density at radius 1 is 0.906 bits per heavy atom. The average Bonchev–Trinajstić information content (AvgIpc) is 3.69. The lowest BCUT2D eigenvalue weighted by Gasteiger charge is -2.38. The summed E-state index contributed by atoms with van der Waals surface area (Å²) in [5.41, 5.74) is 5.77. The summed E-state index contributed by atoms with van der Waals surface area (Å²) in [6, 6.07) is 27.7. The molecule has 0 bridgehead atoms. The number of rotatable bonds is 10. The minimum absolute atomic E-state index is 0. The molecule has 3 aromatic carbocycles. The molecular weight excluding hydrogens is 681 g/mol. The number of nitrogens with zero attached hydrogens (tertiary/aromatic N) is 5. The van der Waals surface area contributed by atoms with Crippen molar-refractivity contribution in [2.45, 2.75) is 88.5 Å². The van der Waals surface area contributed by atoms with Gasteiger partial charge in [-0.2, -0.15) is 0 Å². The normalized spacial score (nSPS) is 22.9. The number of benzene rings is 3. The summed E-state index contributed by atoms with van der Waals surface area (Å²) >= 11 is 1.65. The number of likely N-dealkylation sites (tertiary alicyclic amines) is 2. The summed E-state index contributed by atoms with van der Waals surface area (Å²) in [6.45, 7) is 12.2. The molecule has 3 atom stereocenters. The van der Waals surface area contributed by atoms with Crippen LogP contribution < -0.4 is 10.2 Å². The van der Waals surface area contributed by atoms with Gasteiger partial charge in [-0.25, -0.2) is 4.79 Å². The van der Waals surface area contributed by atoms with E-state index < -0.39 is 5.25 Å². The van der Waals surface area contributed by atoms with Crippen LogP contribution in [0.2, 0.25) is 0 Å². The third kappa shape index (κ3) is 8.70. The van der Waals surface area contributed by atoms with E-state index in [1.54, 1.807) is 11.8 Å². The highest BCUT2D eigenvalue weighted by atomic mass is 32.2. The molecule has 4 aliphatic heterocycles. The van der Waals surface area contributed by atoms with Gasteiger partial charge in [-0.15, -0.1) is 11.8 Å². The number of thioether (sulfide) groups is 1. The van der Waals surface area contributed by atoms with E-state index in [0.717, 1.165) is 68.6 Å². The zero-order valence-corrected chi connectivity index (χ0v) is 32.7. The molecule has 10 heteroatoms. The van der Waals surface area contributed by atoms with Crippen LogP contribution in [-0.4, -0.2) is 101 Å². The van der Waals surface area contributed by atoms with Crippen molar-refractivity contribution in [3.63, 3.8) is 0 Å². The first-order valence-corrected chi connectivity index (χ1v) is 20.5. The van der Waals surface area contributed by atoms with Crippen LogP contribution in [0.25, 0.3) is 0 Å². The highest BCUT2D eigenvalue weighted by Crippen LogP contribution is 2.48. The largest absolute Gasteiger partial charge is 0.370 e. The van der Waals surface area contributed by atoms with Gasteiger partial charge in [-0.05, 0) is 60.8 Å². The molecule has 1 N–H and O–H groups in total. The molecule has 0 radical (unpaired) electrons. The van der Waals surface area contributed by atoms with Crippen molar-refractivity contribution in [1.82, 2.24) is 19.6 Å². The third-order valence-electron chi connectivity index (χ3n) is 11.6. The van der Waals surface area contributed by atoms with Gasteiger partial charge >= 0.3 is 6.03 Å². The van der Waals surface area contributed by atoms with Crippen molar-refractivity contribution >= 4 is 41.0 Å². The summed E-state index contributed by atoms with van der Waals surface area (Å²) in [5, 5.41) is 2.51. The van der Waals surface area contributed by atoms with Crippen LogP contribution >= 0.6 is 11.8 Å². The Morgan fingerprint density at radius 3 is 2.40 bits per heavy atom. The molecule has 284 valence electrons. The Bertz CT molecular complexity index is 1760. The maximum atomic E-state index is 14.3. The second-order valence-corrected chi connectivity index (χ2v) is 17.8. The number of urea groups is 1. The van der Waals surface area contributed by atoms with Gasteiger partial charge in [0.1, 0.15) is 5.37 Å². The SMILES string of the molecule is CN(c1ccccc1C1SC(CC(=O)N2CCC(N3CCc4ccccc4NC3=O)CC2)C(=O)N1CCC(C)(C)C)[C@H]1CCN(Cc2ccccc2)C1.[HH]. The van der Waals surface area contributed by atoms with Crippen LogP contribution in [0.1, 0.15) is 76.4 Å². The molecule has 4 aliphatic rings. The minimum Gasteiger partial charge on any atom is -0.370 e. The van der Waals surface area contributed by atoms with Crippen molar-refractivity contribution in [2.24, 2.45) is 5.41 Å². The zero-order chi connectivity index (χ0) is 37.1. The standard InChI is InChI=1S/C43H56N6O3S.H2/c1-43(2,3)22-27-49-40(51)38(28-39(50)47-24-20-33(21-25-47)48-26-18-32-14-8-10-16-36(32)44-42(48)52)53-41(49)35-15-9-11-17-37(35)45(4)34-19-23-46(30-34)29-31-12-6-5-7-13-31;/h5-17,33-34,38,41H,18-30H2,1-4H3,(H,44,52);1H/t34-,38?,41?;/m0./s1. The molecule has 0 saturated carbocycles. The van der Waals surface area contributed by atoms with Gasteiger partial charge in [-0.3, -0.25) is 14.5 Å². The third-order valence-corrected chi connectivity index (χ3v) is 13.1. The average molecular weight is 739 g/mol. The van der Waals surface area contributed by atoms with Gasteiger partial charge in [0.2, 0.25) is 11.8 Å². The lowest BCUT2D eigenvalue weighted by molar-refractivity contribution is -0.137. The molecule has 0 spiro atoms. The number of nitrogens with one attached hydrogen (secondary N) is 1. The highest BCUT2D eigenvalue weighted by Gasteiger charge is 2.44. The lowest BCUT2D eigenvalue weighted by atomic mass is 9.92. The number of hydrogen-bond donors (Lipinski definition) is 1. The summed E-state index contributed by atoms with van der Waals surface area (Å²) in [6.07, 6.45) is 4.47. The molecule has 3 aromatic rings. The molecule has 9 nitrogen and oxygen atoms in total. The van der Waals surface area contributed by atoms with Gasteiger partial charge in [-0.1, -0.05) is 87.5 Å². The summed E-state index contributed by atoms with van der Waals surface area (Å²) in [4.78, 5) is 52.2. The second-order valence-electron chi connectivity index (χ2n) is 16.5. The summed E-state index contributed by atoms with van der Waals surface area (Å²) in [7, 11) is 2.20. The van der Waals surface area contributed by atoms with E-state index in [9.17, 15) is 14.4 Å². The first kappa shape index (κ1) is 37.3. The van der Waals surface area contributed by atoms with Crippen molar-refractivity contribution < 1.29 is 15.8 Å². The Labute approximate surface area is 321 Å². The number of amides is 4. The first-order valence-electron chi connectivity index (χ1n) is 19.5. The Morgan fingerprint density at radius 2 is 1.62 bits per heavy atom. The number of anilines is 2. The van der Waals surface area contributed by atoms with E-state index in [1.165, 1.54) is 11.3 Å². The number of fused-ring (bicyclic) bond motifs is 1. The van der Waals surface area contributed by atoms with Crippen LogP contribution in [-0.2, 0) is 22.6 Å². The molecular formula is C43H58N6O3S. The second kappa shape index (κ2) is 16.1. The molecule has 4 amide bonds. The number of carbonyl (C=O) groups is 3. The first-order chi connectivity index (χ1) is 25.5. The fourth-order valence-electron chi connectivity index (χ4n) is 8.43. The fourth-order valence-corrected chi connectivity index (χ4v) is 9.93. The maximum absolute atomic E-state index is 14.3. The van der Waals surface area contributed by atoms with Crippen molar-refractivity contribution in [3.8, 4) is 0 Å².